The summed E-state index contributed by atoms with van der Waals surface area (Å²) in [6, 6.07) is 6.37. The van der Waals surface area contributed by atoms with E-state index in [1.165, 1.54) is 12.1 Å². The average molecular weight is 299 g/mol. The highest BCUT2D eigenvalue weighted by atomic mass is 32.2. The van der Waals surface area contributed by atoms with Crippen LogP contribution in [0.25, 0.3) is 0 Å². The van der Waals surface area contributed by atoms with Crippen LogP contribution in [0, 0.1) is 4.77 Å². The minimum absolute atomic E-state index is 0.0932. The van der Waals surface area contributed by atoms with Gasteiger partial charge in [0.1, 0.15) is 0 Å². The highest BCUT2D eigenvalue weighted by Gasteiger charge is 2.07. The number of primary sulfonamides is 1. The first-order valence-corrected chi connectivity index (χ1v) is 7.36. The van der Waals surface area contributed by atoms with E-state index in [4.69, 9.17) is 23.1 Å². The predicted octanol–water partition coefficient (Wildman–Crippen LogP) is 0.413. The fourth-order valence-electron chi connectivity index (χ4n) is 1.63. The molecule has 0 aliphatic heterocycles. The number of aromatic nitrogens is 3. The molecular formula is C10H13N5O2S2. The number of nitrogens with two attached hydrogens (primary N) is 2. The quantitative estimate of drug-likeness (QED) is 0.706. The Balaban J connectivity index is 2.11. The van der Waals surface area contributed by atoms with Gasteiger partial charge in [0.15, 0.2) is 4.77 Å². The number of aryl methyl sites for hydroxylation is 1. The molecule has 0 unspecified atom stereocenters. The third-order valence-corrected chi connectivity index (χ3v) is 3.90. The Bertz CT molecular complexity index is 730. The maximum Gasteiger partial charge on any atom is 0.238 e. The molecule has 9 heteroatoms. The maximum atomic E-state index is 11.1. The van der Waals surface area contributed by atoms with E-state index in [0.29, 0.717) is 23.7 Å². The number of nitrogen functional groups attached to an aromatic ring is 1. The Kier molecular flexibility index (Phi) is 3.69. The van der Waals surface area contributed by atoms with Gasteiger partial charge >= 0.3 is 0 Å². The van der Waals surface area contributed by atoms with E-state index in [1.54, 1.807) is 16.7 Å². The molecule has 0 bridgehead atoms. The van der Waals surface area contributed by atoms with E-state index in [2.05, 4.69) is 10.2 Å². The van der Waals surface area contributed by atoms with Gasteiger partial charge in [-0.05, 0) is 36.3 Å². The van der Waals surface area contributed by atoms with E-state index in [1.807, 2.05) is 0 Å². The van der Waals surface area contributed by atoms with Crippen LogP contribution < -0.4 is 10.9 Å². The van der Waals surface area contributed by atoms with E-state index >= 15 is 0 Å². The van der Waals surface area contributed by atoms with Crippen molar-refractivity contribution < 1.29 is 8.42 Å². The molecule has 1 aromatic carbocycles. The van der Waals surface area contributed by atoms with Crippen LogP contribution >= 0.6 is 12.2 Å². The lowest BCUT2D eigenvalue weighted by Gasteiger charge is -2.05. The summed E-state index contributed by atoms with van der Waals surface area (Å²) in [7, 11) is -3.65. The van der Waals surface area contributed by atoms with E-state index in [0.717, 1.165) is 5.56 Å². The van der Waals surface area contributed by atoms with Gasteiger partial charge in [-0.1, -0.05) is 12.1 Å². The van der Waals surface area contributed by atoms with Crippen LogP contribution in [0.15, 0.2) is 29.2 Å². The number of H-pyrrole nitrogens is 1. The Labute approximate surface area is 115 Å². The van der Waals surface area contributed by atoms with Gasteiger partial charge in [0.05, 0.1) is 4.90 Å². The highest BCUT2D eigenvalue weighted by Crippen LogP contribution is 2.10. The van der Waals surface area contributed by atoms with Gasteiger partial charge in [-0.15, -0.1) is 5.10 Å². The summed E-state index contributed by atoms with van der Waals surface area (Å²) in [6.07, 6.45) is 0.656. The van der Waals surface area contributed by atoms with Crippen molar-refractivity contribution in [3.63, 3.8) is 0 Å². The van der Waals surface area contributed by atoms with Crippen molar-refractivity contribution in [1.82, 2.24) is 14.8 Å². The number of aromatic amines is 1. The molecule has 2 rings (SSSR count). The molecule has 102 valence electrons. The molecule has 0 radical (unpaired) electrons. The first-order chi connectivity index (χ1) is 8.88. The van der Waals surface area contributed by atoms with Gasteiger partial charge in [-0.2, -0.15) is 0 Å². The molecular weight excluding hydrogens is 286 g/mol. The molecule has 1 heterocycles. The molecule has 0 spiro atoms. The number of hydrogen-bond acceptors (Lipinski definition) is 5. The van der Waals surface area contributed by atoms with Crippen LogP contribution in [0.5, 0.6) is 0 Å². The molecule has 0 aliphatic rings. The number of rotatable bonds is 4. The highest BCUT2D eigenvalue weighted by molar-refractivity contribution is 7.89. The lowest BCUT2D eigenvalue weighted by molar-refractivity contribution is 0.597. The number of anilines is 1. The van der Waals surface area contributed by atoms with Crippen LogP contribution in [0.1, 0.15) is 5.56 Å². The van der Waals surface area contributed by atoms with Gasteiger partial charge < -0.3 is 5.73 Å². The summed E-state index contributed by atoms with van der Waals surface area (Å²) >= 11 is 5.03. The van der Waals surface area contributed by atoms with Crippen molar-refractivity contribution >= 4 is 28.2 Å². The molecule has 0 atom stereocenters. The molecule has 0 aliphatic carbocycles. The lowest BCUT2D eigenvalue weighted by Crippen LogP contribution is -2.12. The number of benzene rings is 1. The summed E-state index contributed by atoms with van der Waals surface area (Å²) in [5.74, 6) is 0.325. The predicted molar refractivity (Wildman–Crippen MR) is 73.3 cm³/mol. The van der Waals surface area contributed by atoms with Gasteiger partial charge in [0, 0.05) is 6.54 Å². The molecule has 0 saturated carbocycles. The second-order valence-electron chi connectivity index (χ2n) is 3.98. The Hall–Kier alpha value is -1.71. The molecule has 1 aromatic heterocycles. The van der Waals surface area contributed by atoms with Crippen LogP contribution in [0.4, 0.5) is 5.95 Å². The fourth-order valence-corrected chi connectivity index (χ4v) is 2.38. The van der Waals surface area contributed by atoms with Crippen LogP contribution in [0.2, 0.25) is 0 Å². The van der Waals surface area contributed by atoms with Crippen molar-refractivity contribution in [3.05, 3.63) is 34.6 Å². The fraction of sp³-hybridized carbons (Fsp3) is 0.200. The first kappa shape index (κ1) is 13.7. The molecule has 7 nitrogen and oxygen atoms in total. The maximum absolute atomic E-state index is 11.1. The minimum atomic E-state index is -3.65. The minimum Gasteiger partial charge on any atom is -0.368 e. The zero-order valence-electron chi connectivity index (χ0n) is 9.91. The number of sulfonamides is 1. The molecule has 0 saturated heterocycles. The number of hydrogen-bond donors (Lipinski definition) is 3. The van der Waals surface area contributed by atoms with Gasteiger partial charge in [0.25, 0.3) is 0 Å². The van der Waals surface area contributed by atoms with Crippen molar-refractivity contribution in [2.24, 2.45) is 5.14 Å². The van der Waals surface area contributed by atoms with Crippen molar-refractivity contribution in [3.8, 4) is 0 Å². The Morgan fingerprint density at radius 2 is 1.95 bits per heavy atom. The van der Waals surface area contributed by atoms with Crippen LogP contribution in [-0.4, -0.2) is 23.2 Å². The third kappa shape index (κ3) is 3.19. The van der Waals surface area contributed by atoms with Gasteiger partial charge in [0.2, 0.25) is 16.0 Å². The first-order valence-electron chi connectivity index (χ1n) is 5.40. The number of nitrogens with zero attached hydrogens (tertiary/aromatic N) is 2. The second-order valence-corrected chi connectivity index (χ2v) is 5.93. The summed E-state index contributed by atoms with van der Waals surface area (Å²) < 4.78 is 24.3. The van der Waals surface area contributed by atoms with E-state index < -0.39 is 10.0 Å². The Morgan fingerprint density at radius 3 is 2.42 bits per heavy atom. The summed E-state index contributed by atoms with van der Waals surface area (Å²) in [4.78, 5) is 0.0932. The monoisotopic (exact) mass is 299 g/mol. The summed E-state index contributed by atoms with van der Waals surface area (Å²) in [5, 5.41) is 11.4. The molecule has 2 aromatic rings. The van der Waals surface area contributed by atoms with E-state index in [-0.39, 0.29) is 4.90 Å². The van der Waals surface area contributed by atoms with Crippen molar-refractivity contribution in [2.45, 2.75) is 17.9 Å². The van der Waals surface area contributed by atoms with Gasteiger partial charge in [-0.3, -0.25) is 4.57 Å². The lowest BCUT2D eigenvalue weighted by atomic mass is 10.1. The van der Waals surface area contributed by atoms with Crippen LogP contribution in [0.3, 0.4) is 0 Å². The SMILES string of the molecule is Nc1n[nH]c(=S)n1CCc1ccc(S(N)(=O)=O)cc1. The Morgan fingerprint density at radius 1 is 1.32 bits per heavy atom. The normalized spacial score (nSPS) is 11.6. The van der Waals surface area contributed by atoms with Crippen molar-refractivity contribution in [1.29, 1.82) is 0 Å². The molecule has 0 amide bonds. The molecule has 19 heavy (non-hydrogen) atoms. The zero-order chi connectivity index (χ0) is 14.0. The van der Waals surface area contributed by atoms with Gasteiger partial charge in [-0.25, -0.2) is 18.7 Å². The average Bonchev–Trinajstić information content (AvgIpc) is 2.66. The summed E-state index contributed by atoms with van der Waals surface area (Å²) in [6.45, 7) is 0.565. The smallest absolute Gasteiger partial charge is 0.238 e. The van der Waals surface area contributed by atoms with Crippen LogP contribution in [-0.2, 0) is 23.0 Å². The molecule has 0 fully saturated rings. The largest absolute Gasteiger partial charge is 0.368 e. The summed E-state index contributed by atoms with van der Waals surface area (Å²) in [5.41, 5.74) is 6.60. The standard InChI is InChI=1S/C10H13N5O2S2/c11-9-13-14-10(18)15(9)6-5-7-1-3-8(4-2-7)19(12,16)17/h1-4H,5-6H2,(H2,11,13)(H,14,18)(H2,12,16,17). The third-order valence-electron chi connectivity index (χ3n) is 2.66. The number of nitrogens with one attached hydrogen (secondary N) is 1. The topological polar surface area (TPSA) is 120 Å². The zero-order valence-corrected chi connectivity index (χ0v) is 11.5. The molecule has 5 N–H and O–H groups in total. The van der Waals surface area contributed by atoms with E-state index in [9.17, 15) is 8.42 Å². The second kappa shape index (κ2) is 5.11. The van der Waals surface area contributed by atoms with Crippen molar-refractivity contribution in [2.75, 3.05) is 5.73 Å².